The van der Waals surface area contributed by atoms with Crippen LogP contribution in [0.4, 0.5) is 11.4 Å². The van der Waals surface area contributed by atoms with E-state index >= 15 is 0 Å². The number of hydrogen-bond donors (Lipinski definition) is 2. The number of amides is 2. The molecule has 1 aromatic heterocycles. The number of aryl methyl sites for hydroxylation is 2. The van der Waals surface area contributed by atoms with Crippen LogP contribution in [0.5, 0.6) is 5.75 Å². The monoisotopic (exact) mass is 407 g/mol. The van der Waals surface area contributed by atoms with Crippen LogP contribution in [0.15, 0.2) is 42.5 Å². The van der Waals surface area contributed by atoms with Gasteiger partial charge in [0.25, 0.3) is 5.91 Å². The minimum atomic E-state index is -0.391. The third-order valence-electron chi connectivity index (χ3n) is 4.66. The van der Waals surface area contributed by atoms with Gasteiger partial charge in [0.2, 0.25) is 5.91 Å². The van der Waals surface area contributed by atoms with E-state index in [0.717, 1.165) is 22.6 Å². The molecule has 0 aliphatic carbocycles. The third-order valence-corrected chi connectivity index (χ3v) is 4.66. The van der Waals surface area contributed by atoms with Crippen molar-refractivity contribution in [3.63, 3.8) is 0 Å². The second-order valence-electron chi connectivity index (χ2n) is 6.91. The Morgan fingerprint density at radius 3 is 2.30 bits per heavy atom. The predicted molar refractivity (Wildman–Crippen MR) is 115 cm³/mol. The number of carbonyl (C=O) groups excluding carboxylic acids is 2. The van der Waals surface area contributed by atoms with Crippen LogP contribution in [-0.4, -0.2) is 33.4 Å². The first kappa shape index (κ1) is 21.0. The molecule has 0 fully saturated rings. The van der Waals surface area contributed by atoms with Crippen molar-refractivity contribution in [2.24, 2.45) is 0 Å². The van der Waals surface area contributed by atoms with Gasteiger partial charge in [0.05, 0.1) is 12.3 Å². The number of hydrogen-bond acceptors (Lipinski definition) is 5. The van der Waals surface area contributed by atoms with Gasteiger partial charge >= 0.3 is 0 Å². The molecule has 3 rings (SSSR count). The van der Waals surface area contributed by atoms with Crippen molar-refractivity contribution >= 4 is 23.2 Å². The predicted octanol–water partition coefficient (Wildman–Crippen LogP) is 3.49. The number of carbonyl (C=O) groups is 2. The van der Waals surface area contributed by atoms with Crippen LogP contribution < -0.4 is 15.4 Å². The molecule has 0 radical (unpaired) electrons. The van der Waals surface area contributed by atoms with E-state index in [-0.39, 0.29) is 18.1 Å². The molecule has 2 N–H and O–H groups in total. The maximum Gasteiger partial charge on any atom is 0.278 e. The van der Waals surface area contributed by atoms with Crippen LogP contribution in [-0.2, 0) is 11.3 Å². The van der Waals surface area contributed by atoms with Crippen molar-refractivity contribution in [1.82, 2.24) is 15.0 Å². The first-order valence-corrected chi connectivity index (χ1v) is 9.69. The average Bonchev–Trinajstić information content (AvgIpc) is 3.07. The molecular weight excluding hydrogens is 382 g/mol. The minimum absolute atomic E-state index is 0.0387. The largest absolute Gasteiger partial charge is 0.494 e. The van der Waals surface area contributed by atoms with Crippen molar-refractivity contribution in [3.8, 4) is 5.75 Å². The summed E-state index contributed by atoms with van der Waals surface area (Å²) in [5, 5.41) is 13.6. The fourth-order valence-corrected chi connectivity index (χ4v) is 3.04. The van der Waals surface area contributed by atoms with E-state index < -0.39 is 5.91 Å². The Balaban J connectivity index is 1.66. The van der Waals surface area contributed by atoms with Crippen LogP contribution in [0, 0.1) is 20.8 Å². The van der Waals surface area contributed by atoms with Crippen LogP contribution in [0.25, 0.3) is 0 Å². The van der Waals surface area contributed by atoms with Gasteiger partial charge in [0.15, 0.2) is 5.69 Å². The maximum atomic E-state index is 12.6. The molecule has 0 unspecified atom stereocenters. The Hall–Kier alpha value is -3.68. The second kappa shape index (κ2) is 9.21. The Kier molecular flexibility index (Phi) is 6.46. The van der Waals surface area contributed by atoms with E-state index in [2.05, 4.69) is 20.9 Å². The Morgan fingerprint density at radius 2 is 1.67 bits per heavy atom. The number of ether oxygens (including phenoxy) is 1. The van der Waals surface area contributed by atoms with Gasteiger partial charge in [-0.1, -0.05) is 23.4 Å². The van der Waals surface area contributed by atoms with E-state index in [1.807, 2.05) is 39.0 Å². The lowest BCUT2D eigenvalue weighted by Crippen LogP contribution is -2.21. The lowest BCUT2D eigenvalue weighted by atomic mass is 10.1. The summed E-state index contributed by atoms with van der Waals surface area (Å²) in [5.41, 5.74) is 4.04. The van der Waals surface area contributed by atoms with Crippen molar-refractivity contribution in [2.75, 3.05) is 17.2 Å². The van der Waals surface area contributed by atoms with Crippen molar-refractivity contribution in [3.05, 3.63) is 65.0 Å². The molecule has 0 bridgehead atoms. The lowest BCUT2D eigenvalue weighted by Gasteiger charge is -2.11. The number of benzene rings is 2. The molecular formula is C22H25N5O3. The number of anilines is 2. The molecule has 2 amide bonds. The SMILES string of the molecule is CCOc1ccc(NC(=O)c2nnn(CC(=O)Nc3c(C)cccc3C)c2C)cc1. The normalized spacial score (nSPS) is 10.5. The molecule has 8 heteroatoms. The summed E-state index contributed by atoms with van der Waals surface area (Å²) in [6.07, 6.45) is 0. The van der Waals surface area contributed by atoms with Crippen LogP contribution in [0.2, 0.25) is 0 Å². The summed E-state index contributed by atoms with van der Waals surface area (Å²) < 4.78 is 6.80. The highest BCUT2D eigenvalue weighted by atomic mass is 16.5. The first-order chi connectivity index (χ1) is 14.4. The number of aromatic nitrogens is 3. The first-order valence-electron chi connectivity index (χ1n) is 9.69. The fourth-order valence-electron chi connectivity index (χ4n) is 3.04. The second-order valence-corrected chi connectivity index (χ2v) is 6.91. The van der Waals surface area contributed by atoms with E-state index in [9.17, 15) is 9.59 Å². The lowest BCUT2D eigenvalue weighted by molar-refractivity contribution is -0.117. The molecule has 3 aromatic rings. The third kappa shape index (κ3) is 4.83. The molecule has 0 spiro atoms. The fraction of sp³-hybridized carbons (Fsp3) is 0.273. The molecule has 1 heterocycles. The maximum absolute atomic E-state index is 12.6. The molecule has 0 atom stereocenters. The molecule has 156 valence electrons. The van der Waals surface area contributed by atoms with Crippen LogP contribution in [0.3, 0.4) is 0 Å². The number of para-hydroxylation sites is 1. The van der Waals surface area contributed by atoms with Gasteiger partial charge in [-0.05, 0) is 63.1 Å². The zero-order chi connectivity index (χ0) is 21.7. The average molecular weight is 407 g/mol. The quantitative estimate of drug-likeness (QED) is 0.625. The zero-order valence-electron chi connectivity index (χ0n) is 17.5. The van der Waals surface area contributed by atoms with Gasteiger partial charge in [-0.2, -0.15) is 0 Å². The van der Waals surface area contributed by atoms with Gasteiger partial charge < -0.3 is 15.4 Å². The topological polar surface area (TPSA) is 98.1 Å². The number of rotatable bonds is 7. The van der Waals surface area contributed by atoms with E-state index in [1.165, 1.54) is 4.68 Å². The summed E-state index contributed by atoms with van der Waals surface area (Å²) in [6, 6.07) is 12.9. The highest BCUT2D eigenvalue weighted by Crippen LogP contribution is 2.20. The molecule has 0 saturated carbocycles. The van der Waals surface area contributed by atoms with Crippen LogP contribution >= 0.6 is 0 Å². The van der Waals surface area contributed by atoms with Gasteiger partial charge in [0, 0.05) is 11.4 Å². The number of nitrogens with zero attached hydrogens (tertiary/aromatic N) is 3. The Morgan fingerprint density at radius 1 is 1.00 bits per heavy atom. The summed E-state index contributed by atoms with van der Waals surface area (Å²) in [4.78, 5) is 25.0. The molecule has 2 aromatic carbocycles. The van der Waals surface area contributed by atoms with Crippen LogP contribution in [0.1, 0.15) is 34.2 Å². The van der Waals surface area contributed by atoms with E-state index in [4.69, 9.17) is 4.74 Å². The van der Waals surface area contributed by atoms with Gasteiger partial charge in [-0.3, -0.25) is 9.59 Å². The summed E-state index contributed by atoms with van der Waals surface area (Å²) >= 11 is 0. The molecule has 8 nitrogen and oxygen atoms in total. The van der Waals surface area contributed by atoms with Gasteiger partial charge in [-0.15, -0.1) is 5.10 Å². The highest BCUT2D eigenvalue weighted by Gasteiger charge is 2.18. The van der Waals surface area contributed by atoms with Gasteiger partial charge in [-0.25, -0.2) is 4.68 Å². The molecule has 0 aliphatic rings. The summed E-state index contributed by atoms with van der Waals surface area (Å²) in [5.74, 6) is 0.101. The Labute approximate surface area is 175 Å². The van der Waals surface area contributed by atoms with E-state index in [0.29, 0.717) is 18.0 Å². The smallest absolute Gasteiger partial charge is 0.278 e. The summed E-state index contributed by atoms with van der Waals surface area (Å²) in [7, 11) is 0. The molecule has 0 saturated heterocycles. The minimum Gasteiger partial charge on any atom is -0.494 e. The molecule has 0 aliphatic heterocycles. The Bertz CT molecular complexity index is 1040. The van der Waals surface area contributed by atoms with Crippen molar-refractivity contribution < 1.29 is 14.3 Å². The van der Waals surface area contributed by atoms with Crippen molar-refractivity contribution in [1.29, 1.82) is 0 Å². The number of nitrogens with one attached hydrogen (secondary N) is 2. The van der Waals surface area contributed by atoms with Crippen molar-refractivity contribution in [2.45, 2.75) is 34.2 Å². The highest BCUT2D eigenvalue weighted by molar-refractivity contribution is 6.03. The summed E-state index contributed by atoms with van der Waals surface area (Å²) in [6.45, 7) is 8.02. The van der Waals surface area contributed by atoms with E-state index in [1.54, 1.807) is 31.2 Å². The van der Waals surface area contributed by atoms with Gasteiger partial charge in [0.1, 0.15) is 12.3 Å². The molecule has 30 heavy (non-hydrogen) atoms. The standard InChI is InChI=1S/C22H25N5O3/c1-5-30-18-11-9-17(10-12-18)23-22(29)21-16(4)27(26-25-21)13-19(28)24-20-14(2)7-6-8-15(20)3/h6-12H,5,13H2,1-4H3,(H,23,29)(H,24,28). The zero-order valence-corrected chi connectivity index (χ0v) is 17.5.